The van der Waals surface area contributed by atoms with Crippen LogP contribution in [0.4, 0.5) is 0 Å². The van der Waals surface area contributed by atoms with Gasteiger partial charge in [-0.05, 0) is 73.1 Å². The van der Waals surface area contributed by atoms with Gasteiger partial charge in [-0.25, -0.2) is 0 Å². The first-order valence-corrected chi connectivity index (χ1v) is 14.9. The van der Waals surface area contributed by atoms with Crippen LogP contribution in [0.25, 0.3) is 0 Å². The second kappa shape index (κ2) is 13.2. The summed E-state index contributed by atoms with van der Waals surface area (Å²) in [5.74, 6) is 2.14. The molecule has 7 nitrogen and oxygen atoms in total. The van der Waals surface area contributed by atoms with E-state index in [1.807, 2.05) is 36.9 Å². The van der Waals surface area contributed by atoms with Crippen molar-refractivity contribution in [1.29, 1.82) is 0 Å². The van der Waals surface area contributed by atoms with E-state index in [0.717, 1.165) is 31.2 Å². The normalized spacial score (nSPS) is 30.8. The summed E-state index contributed by atoms with van der Waals surface area (Å²) in [6.07, 6.45) is 10.0. The van der Waals surface area contributed by atoms with Gasteiger partial charge in [0.2, 0.25) is 5.91 Å². The zero-order valence-electron chi connectivity index (χ0n) is 25.0. The van der Waals surface area contributed by atoms with Crippen LogP contribution in [0.3, 0.4) is 0 Å². The Morgan fingerprint density at radius 3 is 2.58 bits per heavy atom. The van der Waals surface area contributed by atoms with Crippen LogP contribution in [0, 0.1) is 29.6 Å². The number of carbonyl (C=O) groups is 2. The minimum atomic E-state index is -0.627. The number of carbonyl (C=O) groups excluding carboxylic acids is 2. The van der Waals surface area contributed by atoms with E-state index in [-0.39, 0.29) is 48.2 Å². The Kier molecular flexibility index (Phi) is 9.99. The number of likely N-dealkylation sites (tertiary alicyclic amines) is 1. The van der Waals surface area contributed by atoms with Crippen LogP contribution < -0.4 is 9.47 Å². The lowest BCUT2D eigenvalue weighted by Gasteiger charge is -2.44. The summed E-state index contributed by atoms with van der Waals surface area (Å²) in [5, 5.41) is 10.5. The maximum Gasteiger partial charge on any atom is 0.308 e. The molecule has 1 heterocycles. The van der Waals surface area contributed by atoms with Crippen molar-refractivity contribution in [2.75, 3.05) is 14.2 Å². The van der Waals surface area contributed by atoms with Gasteiger partial charge < -0.3 is 24.2 Å². The van der Waals surface area contributed by atoms with E-state index < -0.39 is 6.10 Å². The lowest BCUT2D eigenvalue weighted by atomic mass is 9.65. The summed E-state index contributed by atoms with van der Waals surface area (Å²) in [6, 6.07) is 5.67. The lowest BCUT2D eigenvalue weighted by molar-refractivity contribution is -0.158. The monoisotopic (exact) mass is 553 g/mol. The molecule has 0 bridgehead atoms. The van der Waals surface area contributed by atoms with Crippen molar-refractivity contribution in [1.82, 2.24) is 4.90 Å². The number of rotatable bonds is 10. The molecular formula is C33H47NO6. The third kappa shape index (κ3) is 6.73. The van der Waals surface area contributed by atoms with Crippen molar-refractivity contribution in [2.24, 2.45) is 29.6 Å². The first-order valence-electron chi connectivity index (χ1n) is 14.9. The summed E-state index contributed by atoms with van der Waals surface area (Å²) in [7, 11) is 3.21. The van der Waals surface area contributed by atoms with E-state index >= 15 is 0 Å². The van der Waals surface area contributed by atoms with Gasteiger partial charge in [0.1, 0.15) is 6.10 Å². The van der Waals surface area contributed by atoms with Gasteiger partial charge in [0, 0.05) is 18.5 Å². The molecule has 1 aliphatic heterocycles. The summed E-state index contributed by atoms with van der Waals surface area (Å²) in [5.41, 5.74) is 2.23. The third-order valence-corrected chi connectivity index (χ3v) is 9.23. The molecule has 3 aliphatic rings. The van der Waals surface area contributed by atoms with Gasteiger partial charge in [0.05, 0.1) is 32.7 Å². The first kappa shape index (κ1) is 30.2. The first-order chi connectivity index (χ1) is 19.1. The van der Waals surface area contributed by atoms with Crippen LogP contribution in [-0.2, 0) is 20.9 Å². The molecule has 4 rings (SSSR count). The van der Waals surface area contributed by atoms with Crippen LogP contribution in [-0.4, -0.2) is 54.4 Å². The molecule has 0 aromatic heterocycles. The summed E-state index contributed by atoms with van der Waals surface area (Å²) < 4.78 is 17.0. The zero-order valence-corrected chi connectivity index (χ0v) is 25.0. The van der Waals surface area contributed by atoms with E-state index in [0.29, 0.717) is 36.3 Å². The Morgan fingerprint density at radius 1 is 1.12 bits per heavy atom. The van der Waals surface area contributed by atoms with Crippen LogP contribution >= 0.6 is 0 Å². The highest BCUT2D eigenvalue weighted by Gasteiger charge is 2.42. The fourth-order valence-electron chi connectivity index (χ4n) is 6.75. The standard InChI is InChI=1S/C33H47NO6/c1-7-21(3)33(37)40-30-15-20(2)14-24-10-8-22(4)27(32(24)30)12-11-25-17-26(35)18-31(36)34(25)19-23-9-13-28(38-5)29(16-23)39-6/h8-10,13-14,16,20-22,25-27,30,32,35H,7,11-12,15,17-19H2,1-6H3. The maximum atomic E-state index is 13.2. The van der Waals surface area contributed by atoms with Gasteiger partial charge in [-0.15, -0.1) is 0 Å². The predicted molar refractivity (Wildman–Crippen MR) is 155 cm³/mol. The maximum absolute atomic E-state index is 13.2. The van der Waals surface area contributed by atoms with Gasteiger partial charge in [-0.3, -0.25) is 9.59 Å². The Morgan fingerprint density at radius 2 is 1.88 bits per heavy atom. The van der Waals surface area contributed by atoms with Crippen LogP contribution in [0.1, 0.15) is 71.8 Å². The summed E-state index contributed by atoms with van der Waals surface area (Å²) >= 11 is 0. The number of fused-ring (bicyclic) bond motifs is 1. The van der Waals surface area contributed by atoms with Crippen molar-refractivity contribution in [3.8, 4) is 11.5 Å². The Labute approximate surface area is 239 Å². The van der Waals surface area contributed by atoms with Gasteiger partial charge in [0.25, 0.3) is 0 Å². The van der Waals surface area contributed by atoms with E-state index in [2.05, 4.69) is 32.1 Å². The number of amides is 1. The number of piperidine rings is 1. The van der Waals surface area contributed by atoms with Crippen molar-refractivity contribution >= 4 is 11.9 Å². The number of ether oxygens (including phenoxy) is 3. The SMILES string of the molecule is CCC(C)C(=O)OC1CC(C)C=C2C=CC(C)C(CCC3CC(O)CC(=O)N3Cc3ccc(OC)c(OC)c3)C21. The van der Waals surface area contributed by atoms with Gasteiger partial charge in [0.15, 0.2) is 11.5 Å². The van der Waals surface area contributed by atoms with Crippen molar-refractivity contribution in [3.63, 3.8) is 0 Å². The highest BCUT2D eigenvalue weighted by atomic mass is 16.5. The van der Waals surface area contributed by atoms with Gasteiger partial charge in [-0.2, -0.15) is 0 Å². The van der Waals surface area contributed by atoms with Gasteiger partial charge >= 0.3 is 5.97 Å². The minimum Gasteiger partial charge on any atom is -0.493 e. The molecule has 8 atom stereocenters. The number of aliphatic hydroxyl groups is 1. The third-order valence-electron chi connectivity index (χ3n) is 9.23. The molecule has 220 valence electrons. The van der Waals surface area contributed by atoms with Crippen LogP contribution in [0.15, 0.2) is 42.0 Å². The molecular weight excluding hydrogens is 506 g/mol. The second-order valence-corrected chi connectivity index (χ2v) is 12.1. The lowest BCUT2D eigenvalue weighted by Crippen LogP contribution is -2.48. The zero-order chi connectivity index (χ0) is 29.0. The number of aliphatic hydroxyl groups excluding tert-OH is 1. The van der Waals surface area contributed by atoms with E-state index in [1.165, 1.54) is 5.57 Å². The predicted octanol–water partition coefficient (Wildman–Crippen LogP) is 5.70. The quantitative estimate of drug-likeness (QED) is 0.374. The smallest absolute Gasteiger partial charge is 0.308 e. The molecule has 1 aromatic carbocycles. The Bertz CT molecular complexity index is 1110. The molecule has 2 aliphatic carbocycles. The number of allylic oxidation sites excluding steroid dienone is 3. The fraction of sp³-hybridized carbons (Fsp3) is 0.636. The number of benzene rings is 1. The molecule has 40 heavy (non-hydrogen) atoms. The van der Waals surface area contributed by atoms with Crippen molar-refractivity contribution < 1.29 is 28.9 Å². The molecule has 8 unspecified atom stereocenters. The highest BCUT2D eigenvalue weighted by Crippen LogP contribution is 2.45. The average Bonchev–Trinajstić information content (AvgIpc) is 2.93. The number of nitrogens with zero attached hydrogens (tertiary/aromatic N) is 1. The molecule has 1 aromatic rings. The molecule has 1 amide bonds. The summed E-state index contributed by atoms with van der Waals surface area (Å²) in [4.78, 5) is 27.9. The van der Waals surface area contributed by atoms with Crippen molar-refractivity contribution in [2.45, 2.75) is 91.0 Å². The number of hydrogen-bond donors (Lipinski definition) is 1. The highest BCUT2D eigenvalue weighted by molar-refractivity contribution is 5.78. The second-order valence-electron chi connectivity index (χ2n) is 12.1. The molecule has 1 saturated heterocycles. The largest absolute Gasteiger partial charge is 0.493 e. The van der Waals surface area contributed by atoms with Crippen molar-refractivity contribution in [3.05, 3.63) is 47.6 Å². The minimum absolute atomic E-state index is 0.0254. The topological polar surface area (TPSA) is 85.3 Å². The molecule has 1 N–H and O–H groups in total. The Balaban J connectivity index is 1.53. The fourth-order valence-corrected chi connectivity index (χ4v) is 6.75. The summed E-state index contributed by atoms with van der Waals surface area (Å²) in [6.45, 7) is 8.84. The number of hydrogen-bond acceptors (Lipinski definition) is 6. The number of methoxy groups -OCH3 is 2. The van der Waals surface area contributed by atoms with E-state index in [4.69, 9.17) is 14.2 Å². The molecule has 0 radical (unpaired) electrons. The molecule has 7 heteroatoms. The van der Waals surface area contributed by atoms with Crippen LogP contribution in [0.5, 0.6) is 11.5 Å². The molecule has 0 saturated carbocycles. The molecule has 0 spiro atoms. The average molecular weight is 554 g/mol. The van der Waals surface area contributed by atoms with E-state index in [1.54, 1.807) is 14.2 Å². The van der Waals surface area contributed by atoms with Gasteiger partial charge in [-0.1, -0.05) is 52.0 Å². The van der Waals surface area contributed by atoms with Crippen LogP contribution in [0.2, 0.25) is 0 Å². The Hall–Kier alpha value is -2.80. The number of esters is 1. The van der Waals surface area contributed by atoms with E-state index in [9.17, 15) is 14.7 Å². The molecule has 1 fully saturated rings.